The van der Waals surface area contributed by atoms with E-state index < -0.39 is 6.04 Å². The minimum Gasteiger partial charge on any atom is -0.394 e. The Morgan fingerprint density at radius 1 is 1.14 bits per heavy atom. The highest BCUT2D eigenvalue weighted by molar-refractivity contribution is 5.82. The Morgan fingerprint density at radius 3 is 2.45 bits per heavy atom. The molecule has 146 valence electrons. The van der Waals surface area contributed by atoms with Gasteiger partial charge in [-0.3, -0.25) is 4.79 Å². The van der Waals surface area contributed by atoms with Crippen LogP contribution in [0.15, 0.2) is 48.5 Å². The van der Waals surface area contributed by atoms with Gasteiger partial charge in [-0.2, -0.15) is 5.26 Å². The molecule has 1 aliphatic carbocycles. The highest BCUT2D eigenvalue weighted by atomic mass is 19.1. The number of nitrogens with zero attached hydrogens (tertiary/aromatic N) is 2. The van der Waals surface area contributed by atoms with Gasteiger partial charge in [-0.1, -0.05) is 42.5 Å². The molecule has 0 aromatic heterocycles. The smallest absolute Gasteiger partial charge is 0.227 e. The van der Waals surface area contributed by atoms with Crippen LogP contribution in [-0.4, -0.2) is 34.6 Å². The number of hydrogen-bond acceptors (Lipinski definition) is 3. The van der Waals surface area contributed by atoms with Crippen LogP contribution in [0, 0.1) is 34.9 Å². The first kappa shape index (κ1) is 19.2. The van der Waals surface area contributed by atoms with Crippen molar-refractivity contribution in [3.05, 3.63) is 71.0 Å². The van der Waals surface area contributed by atoms with Crippen molar-refractivity contribution in [3.63, 3.8) is 0 Å². The highest BCUT2D eigenvalue weighted by Gasteiger charge is 2.53. The van der Waals surface area contributed by atoms with E-state index in [4.69, 9.17) is 0 Å². The summed E-state index contributed by atoms with van der Waals surface area (Å²) in [5, 5.41) is 19.5. The number of carbonyl (C=O) groups is 1. The molecule has 0 spiro atoms. The van der Waals surface area contributed by atoms with Crippen molar-refractivity contribution >= 4 is 5.91 Å². The van der Waals surface area contributed by atoms with E-state index in [1.54, 1.807) is 23.1 Å². The van der Waals surface area contributed by atoms with Gasteiger partial charge in [-0.05, 0) is 42.7 Å². The van der Waals surface area contributed by atoms with Crippen molar-refractivity contribution in [2.75, 3.05) is 6.61 Å². The van der Waals surface area contributed by atoms with Crippen LogP contribution in [-0.2, 0) is 4.79 Å². The third kappa shape index (κ3) is 3.50. The number of carbonyl (C=O) groups excluding carboxylic acids is 1. The van der Waals surface area contributed by atoms with Gasteiger partial charge in [-0.25, -0.2) is 4.39 Å². The molecule has 1 N–H and O–H groups in total. The van der Waals surface area contributed by atoms with Crippen LogP contribution >= 0.6 is 0 Å². The summed E-state index contributed by atoms with van der Waals surface area (Å²) in [6, 6.07) is 15.0. The van der Waals surface area contributed by atoms with Gasteiger partial charge in [-0.15, -0.1) is 0 Å². The third-order valence-corrected chi connectivity index (χ3v) is 5.95. The molecule has 1 amide bonds. The third-order valence-electron chi connectivity index (χ3n) is 5.95. The molecular formula is C24H21FN2O2. The lowest BCUT2D eigenvalue weighted by Crippen LogP contribution is -2.66. The summed E-state index contributed by atoms with van der Waals surface area (Å²) in [6.07, 6.45) is 2.78. The fourth-order valence-electron chi connectivity index (χ4n) is 4.07. The van der Waals surface area contributed by atoms with E-state index in [1.807, 2.05) is 24.3 Å². The van der Waals surface area contributed by atoms with E-state index in [2.05, 4.69) is 17.9 Å². The maximum absolute atomic E-state index is 13.7. The van der Waals surface area contributed by atoms with Crippen LogP contribution in [0.2, 0.25) is 0 Å². The van der Waals surface area contributed by atoms with E-state index in [0.29, 0.717) is 5.56 Å². The van der Waals surface area contributed by atoms with Gasteiger partial charge in [0.2, 0.25) is 5.91 Å². The number of hydrogen-bond donors (Lipinski definition) is 1. The fraction of sp³-hybridized carbons (Fsp3) is 0.333. The van der Waals surface area contributed by atoms with Crippen LogP contribution in [0.1, 0.15) is 41.9 Å². The minimum absolute atomic E-state index is 0.00289. The molecule has 2 aliphatic rings. The van der Waals surface area contributed by atoms with E-state index in [9.17, 15) is 19.6 Å². The van der Waals surface area contributed by atoms with Gasteiger partial charge in [0.1, 0.15) is 11.9 Å². The highest BCUT2D eigenvalue weighted by Crippen LogP contribution is 2.43. The monoisotopic (exact) mass is 388 g/mol. The molecular weight excluding hydrogens is 367 g/mol. The molecule has 0 bridgehead atoms. The zero-order chi connectivity index (χ0) is 20.4. The number of halogens is 1. The lowest BCUT2D eigenvalue weighted by atomic mass is 9.73. The van der Waals surface area contributed by atoms with Crippen molar-refractivity contribution in [3.8, 4) is 17.9 Å². The predicted molar refractivity (Wildman–Crippen MR) is 106 cm³/mol. The molecule has 5 heteroatoms. The van der Waals surface area contributed by atoms with Gasteiger partial charge in [0, 0.05) is 17.4 Å². The first-order valence-corrected chi connectivity index (χ1v) is 9.83. The maximum Gasteiger partial charge on any atom is 0.227 e. The molecule has 0 unspecified atom stereocenters. The fourth-order valence-corrected chi connectivity index (χ4v) is 4.07. The molecule has 2 fully saturated rings. The molecule has 2 aromatic carbocycles. The molecule has 29 heavy (non-hydrogen) atoms. The first-order chi connectivity index (χ1) is 14.1. The topological polar surface area (TPSA) is 64.3 Å². The number of aliphatic hydroxyl groups excluding tert-OH is 1. The molecule has 1 aliphatic heterocycles. The standard InChI is InChI=1S/C24H21FN2O2/c25-20-7-2-1-4-17(20)11-8-16-9-12-18(13-10-16)23-21(14-26)27(22(23)15-28)24(29)19-5-3-6-19/h1-2,4,7,9-10,12-13,19,21-23,28H,3,5-6,15H2/t21-,22-,23+/m1/s1. The summed E-state index contributed by atoms with van der Waals surface area (Å²) < 4.78 is 13.7. The molecule has 4 nitrogen and oxygen atoms in total. The quantitative estimate of drug-likeness (QED) is 0.822. The maximum atomic E-state index is 13.7. The van der Waals surface area contributed by atoms with Gasteiger partial charge in [0.05, 0.1) is 24.3 Å². The van der Waals surface area contributed by atoms with Crippen molar-refractivity contribution in [2.45, 2.75) is 37.3 Å². The average Bonchev–Trinajstić information content (AvgIpc) is 2.67. The van der Waals surface area contributed by atoms with E-state index in [0.717, 1.165) is 30.4 Å². The number of nitriles is 1. The SMILES string of the molecule is N#C[C@@H]1[C@H](c2ccc(C#Cc3ccccc3F)cc2)[C@@H](CO)N1C(=O)C1CCC1. The summed E-state index contributed by atoms with van der Waals surface area (Å²) in [4.78, 5) is 14.2. The Balaban J connectivity index is 1.52. The Bertz CT molecular complexity index is 1010. The van der Waals surface area contributed by atoms with E-state index >= 15 is 0 Å². The average molecular weight is 388 g/mol. The normalized spacial score (nSPS) is 23.2. The number of amides is 1. The molecule has 1 heterocycles. The number of likely N-dealkylation sites (tertiary alicyclic amines) is 1. The molecule has 3 atom stereocenters. The van der Waals surface area contributed by atoms with Gasteiger partial charge in [0.15, 0.2) is 0 Å². The molecule has 1 saturated heterocycles. The summed E-state index contributed by atoms with van der Waals surface area (Å²) in [5.74, 6) is 5.18. The van der Waals surface area contributed by atoms with Gasteiger partial charge >= 0.3 is 0 Å². The summed E-state index contributed by atoms with van der Waals surface area (Å²) >= 11 is 0. The van der Waals surface area contributed by atoms with Crippen molar-refractivity contribution < 1.29 is 14.3 Å². The molecule has 2 aromatic rings. The zero-order valence-electron chi connectivity index (χ0n) is 15.9. The van der Waals surface area contributed by atoms with Crippen LogP contribution in [0.4, 0.5) is 4.39 Å². The second kappa shape index (κ2) is 8.07. The number of rotatable bonds is 3. The van der Waals surface area contributed by atoms with Crippen LogP contribution in [0.25, 0.3) is 0 Å². The zero-order valence-corrected chi connectivity index (χ0v) is 15.9. The van der Waals surface area contributed by atoms with Crippen LogP contribution < -0.4 is 0 Å². The summed E-state index contributed by atoms with van der Waals surface area (Å²) in [7, 11) is 0. The van der Waals surface area contributed by atoms with Crippen LogP contribution in [0.5, 0.6) is 0 Å². The van der Waals surface area contributed by atoms with Crippen molar-refractivity contribution in [1.29, 1.82) is 5.26 Å². The lowest BCUT2D eigenvalue weighted by Gasteiger charge is -2.53. The molecule has 1 saturated carbocycles. The van der Waals surface area contributed by atoms with Gasteiger partial charge < -0.3 is 10.0 Å². The number of aliphatic hydroxyl groups is 1. The molecule has 0 radical (unpaired) electrons. The van der Waals surface area contributed by atoms with Gasteiger partial charge in [0.25, 0.3) is 0 Å². The number of benzene rings is 2. The predicted octanol–water partition coefficient (Wildman–Crippen LogP) is 3.20. The Kier molecular flexibility index (Phi) is 5.34. The van der Waals surface area contributed by atoms with E-state index in [1.165, 1.54) is 6.07 Å². The van der Waals surface area contributed by atoms with E-state index in [-0.39, 0.29) is 36.2 Å². The second-order valence-corrected chi connectivity index (χ2v) is 7.57. The van der Waals surface area contributed by atoms with Crippen molar-refractivity contribution in [2.24, 2.45) is 5.92 Å². The summed E-state index contributed by atoms with van der Waals surface area (Å²) in [6.45, 7) is -0.170. The molecule has 4 rings (SSSR count). The first-order valence-electron chi connectivity index (χ1n) is 9.83. The largest absolute Gasteiger partial charge is 0.394 e. The van der Waals surface area contributed by atoms with Crippen LogP contribution in [0.3, 0.4) is 0 Å². The Labute approximate surface area is 169 Å². The minimum atomic E-state index is -0.560. The van der Waals surface area contributed by atoms with Crippen molar-refractivity contribution in [1.82, 2.24) is 4.90 Å². The summed E-state index contributed by atoms with van der Waals surface area (Å²) in [5.41, 5.74) is 1.96. The Hall–Kier alpha value is -3.15. The lowest BCUT2D eigenvalue weighted by molar-refractivity contribution is -0.154. The second-order valence-electron chi connectivity index (χ2n) is 7.57. The Morgan fingerprint density at radius 2 is 1.86 bits per heavy atom.